The summed E-state index contributed by atoms with van der Waals surface area (Å²) in [5, 5.41) is 2.21. The van der Waals surface area contributed by atoms with Gasteiger partial charge in [-0.15, -0.1) is 11.3 Å². The Kier molecular flexibility index (Phi) is 4.09. The Hall–Kier alpha value is -1.42. The van der Waals surface area contributed by atoms with Gasteiger partial charge in [-0.1, -0.05) is 19.8 Å². The van der Waals surface area contributed by atoms with Crippen molar-refractivity contribution in [3.05, 3.63) is 29.3 Å². The maximum absolute atomic E-state index is 5.58. The fourth-order valence-corrected chi connectivity index (χ4v) is 2.65. The number of nitrogen functional groups attached to an aromatic ring is 1. The Balaban J connectivity index is 2.07. The molecule has 2 aromatic heterocycles. The van der Waals surface area contributed by atoms with Gasteiger partial charge in [0.05, 0.1) is 10.6 Å². The smallest absolute Gasteiger partial charge is 0.220 e. The van der Waals surface area contributed by atoms with Crippen molar-refractivity contribution < 1.29 is 0 Å². The van der Waals surface area contributed by atoms with Crippen molar-refractivity contribution in [3.63, 3.8) is 0 Å². The van der Waals surface area contributed by atoms with Crippen molar-refractivity contribution in [1.29, 1.82) is 0 Å². The van der Waals surface area contributed by atoms with Crippen LogP contribution < -0.4 is 5.73 Å². The molecule has 0 fully saturated rings. The van der Waals surface area contributed by atoms with E-state index in [2.05, 4.69) is 28.3 Å². The SMILES string of the molecule is CCCCCc1csc(-c2ccnc(N)n2)c1. The number of rotatable bonds is 5. The fourth-order valence-electron chi connectivity index (χ4n) is 1.73. The third-order valence-electron chi connectivity index (χ3n) is 2.65. The topological polar surface area (TPSA) is 51.8 Å². The molecule has 0 aliphatic carbocycles. The van der Waals surface area contributed by atoms with Gasteiger partial charge in [-0.2, -0.15) is 0 Å². The first-order valence-electron chi connectivity index (χ1n) is 5.96. The van der Waals surface area contributed by atoms with Crippen molar-refractivity contribution in [2.45, 2.75) is 32.6 Å². The second-order valence-corrected chi connectivity index (χ2v) is 4.99. The van der Waals surface area contributed by atoms with E-state index in [0.29, 0.717) is 5.95 Å². The number of aromatic nitrogens is 2. The quantitative estimate of drug-likeness (QED) is 0.822. The maximum atomic E-state index is 5.58. The first-order chi connectivity index (χ1) is 8.29. The lowest BCUT2D eigenvalue weighted by atomic mass is 10.1. The van der Waals surface area contributed by atoms with E-state index < -0.39 is 0 Å². The molecule has 17 heavy (non-hydrogen) atoms. The molecule has 0 aliphatic rings. The van der Waals surface area contributed by atoms with Gasteiger partial charge >= 0.3 is 0 Å². The molecular weight excluding hydrogens is 230 g/mol. The van der Waals surface area contributed by atoms with Crippen LogP contribution in [0.3, 0.4) is 0 Å². The van der Waals surface area contributed by atoms with Gasteiger partial charge in [0.15, 0.2) is 0 Å². The van der Waals surface area contributed by atoms with E-state index in [0.717, 1.165) is 12.1 Å². The van der Waals surface area contributed by atoms with Crippen LogP contribution in [0.5, 0.6) is 0 Å². The van der Waals surface area contributed by atoms with Crippen LogP contribution in [0.15, 0.2) is 23.7 Å². The van der Waals surface area contributed by atoms with Crippen LogP contribution in [-0.2, 0) is 6.42 Å². The number of hydrogen-bond donors (Lipinski definition) is 1. The first kappa shape index (κ1) is 12.0. The summed E-state index contributed by atoms with van der Waals surface area (Å²) in [6.07, 6.45) is 6.68. The molecule has 3 nitrogen and oxygen atoms in total. The summed E-state index contributed by atoms with van der Waals surface area (Å²) >= 11 is 1.72. The summed E-state index contributed by atoms with van der Waals surface area (Å²) in [7, 11) is 0. The number of thiophene rings is 1. The lowest BCUT2D eigenvalue weighted by Crippen LogP contribution is -1.94. The zero-order chi connectivity index (χ0) is 12.1. The largest absolute Gasteiger partial charge is 0.368 e. The summed E-state index contributed by atoms with van der Waals surface area (Å²) in [6, 6.07) is 4.11. The van der Waals surface area contributed by atoms with Crippen molar-refractivity contribution in [3.8, 4) is 10.6 Å². The summed E-state index contributed by atoms with van der Waals surface area (Å²) in [6.45, 7) is 2.22. The molecule has 0 aliphatic heterocycles. The van der Waals surface area contributed by atoms with Crippen LogP contribution in [0.25, 0.3) is 10.6 Å². The van der Waals surface area contributed by atoms with Gasteiger partial charge in [-0.25, -0.2) is 9.97 Å². The molecule has 0 saturated carbocycles. The van der Waals surface area contributed by atoms with Crippen molar-refractivity contribution in [2.24, 2.45) is 0 Å². The molecule has 0 saturated heterocycles. The zero-order valence-corrected chi connectivity index (χ0v) is 10.8. The van der Waals surface area contributed by atoms with E-state index in [1.165, 1.54) is 29.7 Å². The highest BCUT2D eigenvalue weighted by molar-refractivity contribution is 7.13. The lowest BCUT2D eigenvalue weighted by molar-refractivity contribution is 0.718. The highest BCUT2D eigenvalue weighted by Gasteiger charge is 2.04. The minimum absolute atomic E-state index is 0.337. The Morgan fingerprint density at radius 2 is 2.24 bits per heavy atom. The Labute approximate surface area is 106 Å². The molecule has 0 amide bonds. The summed E-state index contributed by atoms with van der Waals surface area (Å²) < 4.78 is 0. The van der Waals surface area contributed by atoms with Crippen molar-refractivity contribution in [2.75, 3.05) is 5.73 Å². The molecule has 2 N–H and O–H groups in total. The highest BCUT2D eigenvalue weighted by Crippen LogP contribution is 2.26. The van der Waals surface area contributed by atoms with Gasteiger partial charge in [0, 0.05) is 6.20 Å². The van der Waals surface area contributed by atoms with Crippen LogP contribution in [0.1, 0.15) is 31.7 Å². The monoisotopic (exact) mass is 247 g/mol. The van der Waals surface area contributed by atoms with Crippen LogP contribution in [0.2, 0.25) is 0 Å². The second kappa shape index (κ2) is 5.77. The zero-order valence-electron chi connectivity index (χ0n) is 10.0. The summed E-state index contributed by atoms with van der Waals surface area (Å²) in [5.41, 5.74) is 7.90. The molecular formula is C13H17N3S. The molecule has 0 atom stereocenters. The molecule has 2 aromatic rings. The number of hydrogen-bond acceptors (Lipinski definition) is 4. The van der Waals surface area contributed by atoms with Gasteiger partial charge in [0.1, 0.15) is 0 Å². The van der Waals surface area contributed by atoms with E-state index in [1.54, 1.807) is 17.5 Å². The van der Waals surface area contributed by atoms with Gasteiger partial charge in [-0.3, -0.25) is 0 Å². The number of nitrogens with two attached hydrogens (primary N) is 1. The summed E-state index contributed by atoms with van der Waals surface area (Å²) in [4.78, 5) is 9.31. The average Bonchev–Trinajstić information content (AvgIpc) is 2.78. The van der Waals surface area contributed by atoms with Gasteiger partial charge in [0.25, 0.3) is 0 Å². The maximum Gasteiger partial charge on any atom is 0.220 e. The molecule has 0 spiro atoms. The average molecular weight is 247 g/mol. The Morgan fingerprint density at radius 1 is 1.35 bits per heavy atom. The first-order valence-corrected chi connectivity index (χ1v) is 6.84. The van der Waals surface area contributed by atoms with E-state index in [9.17, 15) is 0 Å². The molecule has 2 rings (SSSR count). The summed E-state index contributed by atoms with van der Waals surface area (Å²) in [5.74, 6) is 0.337. The molecule has 0 bridgehead atoms. The highest BCUT2D eigenvalue weighted by atomic mass is 32.1. The lowest BCUT2D eigenvalue weighted by Gasteiger charge is -1.97. The normalized spacial score (nSPS) is 10.6. The molecule has 4 heteroatoms. The van der Waals surface area contributed by atoms with Crippen LogP contribution in [0.4, 0.5) is 5.95 Å². The predicted molar refractivity (Wildman–Crippen MR) is 73.0 cm³/mol. The molecule has 2 heterocycles. The minimum atomic E-state index is 0.337. The Bertz CT molecular complexity index is 479. The predicted octanol–water partition coefficient (Wildman–Crippen LogP) is 3.52. The second-order valence-electron chi connectivity index (χ2n) is 4.08. The number of unbranched alkanes of at least 4 members (excludes halogenated alkanes) is 2. The number of anilines is 1. The molecule has 0 radical (unpaired) electrons. The van der Waals surface area contributed by atoms with Crippen LogP contribution in [-0.4, -0.2) is 9.97 Å². The third kappa shape index (κ3) is 3.27. The number of aryl methyl sites for hydroxylation is 1. The van der Waals surface area contributed by atoms with Gasteiger partial charge in [0.2, 0.25) is 5.95 Å². The minimum Gasteiger partial charge on any atom is -0.368 e. The van der Waals surface area contributed by atoms with E-state index in [-0.39, 0.29) is 0 Å². The van der Waals surface area contributed by atoms with E-state index in [1.807, 2.05) is 6.07 Å². The Morgan fingerprint density at radius 3 is 3.00 bits per heavy atom. The molecule has 0 unspecified atom stereocenters. The number of nitrogens with zero attached hydrogens (tertiary/aromatic N) is 2. The molecule has 0 aromatic carbocycles. The van der Waals surface area contributed by atoms with Crippen molar-refractivity contribution in [1.82, 2.24) is 9.97 Å². The van der Waals surface area contributed by atoms with Crippen molar-refractivity contribution >= 4 is 17.3 Å². The van der Waals surface area contributed by atoms with Gasteiger partial charge < -0.3 is 5.73 Å². The van der Waals surface area contributed by atoms with Crippen LogP contribution in [0, 0.1) is 0 Å². The van der Waals surface area contributed by atoms with Crippen LogP contribution >= 0.6 is 11.3 Å². The van der Waals surface area contributed by atoms with Gasteiger partial charge in [-0.05, 0) is 35.9 Å². The standard InChI is InChI=1S/C13H17N3S/c1-2-3-4-5-10-8-12(17-9-10)11-6-7-15-13(14)16-11/h6-9H,2-5H2,1H3,(H2,14,15,16). The fraction of sp³-hybridized carbons (Fsp3) is 0.385. The third-order valence-corrected chi connectivity index (χ3v) is 3.65. The van der Waals surface area contributed by atoms with E-state index >= 15 is 0 Å². The molecule has 90 valence electrons. The van der Waals surface area contributed by atoms with E-state index in [4.69, 9.17) is 5.73 Å².